The van der Waals surface area contributed by atoms with Gasteiger partial charge in [0.1, 0.15) is 0 Å². The molecule has 16 heavy (non-hydrogen) atoms. The molecule has 1 atom stereocenters. The normalized spacial score (nSPS) is 26.7. The minimum atomic E-state index is 0.200. The molecule has 4 nitrogen and oxygen atoms in total. The van der Waals surface area contributed by atoms with Crippen LogP contribution in [0, 0.1) is 0 Å². The minimum Gasteiger partial charge on any atom is -0.352 e. The predicted molar refractivity (Wildman–Crippen MR) is 64.0 cm³/mol. The fourth-order valence-electron chi connectivity index (χ4n) is 2.47. The van der Waals surface area contributed by atoms with E-state index < -0.39 is 0 Å². The second kappa shape index (κ2) is 5.64. The molecular formula is C12H23N3O. The molecule has 4 heteroatoms. The zero-order valence-electron chi connectivity index (χ0n) is 9.95. The van der Waals surface area contributed by atoms with E-state index >= 15 is 0 Å². The van der Waals surface area contributed by atoms with Crippen LogP contribution < -0.4 is 11.1 Å². The van der Waals surface area contributed by atoms with Crippen molar-refractivity contribution in [3.8, 4) is 0 Å². The van der Waals surface area contributed by atoms with Gasteiger partial charge in [-0.3, -0.25) is 9.69 Å². The van der Waals surface area contributed by atoms with Crippen LogP contribution >= 0.6 is 0 Å². The lowest BCUT2D eigenvalue weighted by Gasteiger charge is -2.35. The van der Waals surface area contributed by atoms with Crippen molar-refractivity contribution in [1.29, 1.82) is 0 Å². The molecule has 1 saturated carbocycles. The topological polar surface area (TPSA) is 58.4 Å². The number of nitrogens with zero attached hydrogens (tertiary/aromatic N) is 1. The Balaban J connectivity index is 1.77. The highest BCUT2D eigenvalue weighted by Gasteiger charge is 2.27. The molecule has 1 saturated heterocycles. The predicted octanol–water partition coefficient (Wildman–Crippen LogP) is 0.468. The Labute approximate surface area is 97.6 Å². The Morgan fingerprint density at radius 1 is 1.31 bits per heavy atom. The molecule has 0 aromatic rings. The molecule has 1 unspecified atom stereocenters. The summed E-state index contributed by atoms with van der Waals surface area (Å²) >= 11 is 0. The van der Waals surface area contributed by atoms with Crippen molar-refractivity contribution in [2.75, 3.05) is 19.6 Å². The van der Waals surface area contributed by atoms with Gasteiger partial charge in [-0.2, -0.15) is 0 Å². The van der Waals surface area contributed by atoms with Crippen LogP contribution in [0.25, 0.3) is 0 Å². The maximum Gasteiger partial charge on any atom is 0.234 e. The van der Waals surface area contributed by atoms with Crippen LogP contribution in [-0.2, 0) is 4.79 Å². The van der Waals surface area contributed by atoms with Crippen molar-refractivity contribution in [3.05, 3.63) is 0 Å². The monoisotopic (exact) mass is 225 g/mol. The Morgan fingerprint density at radius 2 is 2.12 bits per heavy atom. The highest BCUT2D eigenvalue weighted by atomic mass is 16.2. The number of hydrogen-bond donors (Lipinski definition) is 2. The lowest BCUT2D eigenvalue weighted by Crippen LogP contribution is -2.46. The summed E-state index contributed by atoms with van der Waals surface area (Å²) in [5.41, 5.74) is 5.62. The van der Waals surface area contributed by atoms with Gasteiger partial charge < -0.3 is 11.1 Å². The third-order valence-electron chi connectivity index (χ3n) is 3.54. The summed E-state index contributed by atoms with van der Waals surface area (Å²) in [6, 6.07) is 1.01. The van der Waals surface area contributed by atoms with E-state index in [9.17, 15) is 4.79 Å². The molecule has 2 rings (SSSR count). The summed E-state index contributed by atoms with van der Waals surface area (Å²) in [4.78, 5) is 14.0. The quantitative estimate of drug-likeness (QED) is 0.715. The fraction of sp³-hybridized carbons (Fsp3) is 0.917. The van der Waals surface area contributed by atoms with Crippen molar-refractivity contribution < 1.29 is 4.79 Å². The summed E-state index contributed by atoms with van der Waals surface area (Å²) in [6.45, 7) is 2.36. The van der Waals surface area contributed by atoms with E-state index in [0.29, 0.717) is 18.6 Å². The first-order chi connectivity index (χ1) is 7.79. The summed E-state index contributed by atoms with van der Waals surface area (Å²) < 4.78 is 0. The van der Waals surface area contributed by atoms with Gasteiger partial charge in [0, 0.05) is 12.1 Å². The molecule has 1 aliphatic carbocycles. The Hall–Kier alpha value is -0.610. The molecule has 1 aliphatic heterocycles. The van der Waals surface area contributed by atoms with Crippen LogP contribution in [0.2, 0.25) is 0 Å². The van der Waals surface area contributed by atoms with Gasteiger partial charge in [0.2, 0.25) is 5.91 Å². The molecule has 0 aromatic heterocycles. The number of carbonyl (C=O) groups excluding carboxylic acids is 1. The van der Waals surface area contributed by atoms with Crippen molar-refractivity contribution in [2.45, 2.75) is 50.6 Å². The van der Waals surface area contributed by atoms with Crippen LogP contribution in [0.4, 0.5) is 0 Å². The maximum atomic E-state index is 11.7. The summed E-state index contributed by atoms with van der Waals surface area (Å²) in [6.07, 6.45) is 7.06. The fourth-order valence-corrected chi connectivity index (χ4v) is 2.47. The third-order valence-corrected chi connectivity index (χ3v) is 3.54. The third kappa shape index (κ3) is 3.46. The molecule has 2 fully saturated rings. The van der Waals surface area contributed by atoms with Gasteiger partial charge >= 0.3 is 0 Å². The lowest BCUT2D eigenvalue weighted by molar-refractivity contribution is -0.123. The molecule has 0 spiro atoms. The zero-order valence-corrected chi connectivity index (χ0v) is 9.95. The Bertz CT molecular complexity index is 238. The Morgan fingerprint density at radius 3 is 2.81 bits per heavy atom. The summed E-state index contributed by atoms with van der Waals surface area (Å²) in [5.74, 6) is 0.200. The molecule has 1 amide bonds. The smallest absolute Gasteiger partial charge is 0.234 e. The lowest BCUT2D eigenvalue weighted by atomic mass is 9.99. The SMILES string of the molecule is NCCC1CCCCN1CC(=O)NC1CC1. The number of nitrogens with two attached hydrogens (primary N) is 1. The molecule has 0 bridgehead atoms. The average molecular weight is 225 g/mol. The van der Waals surface area contributed by atoms with Crippen LogP contribution in [-0.4, -0.2) is 42.5 Å². The van der Waals surface area contributed by atoms with E-state index in [1.54, 1.807) is 0 Å². The molecule has 2 aliphatic rings. The van der Waals surface area contributed by atoms with Crippen molar-refractivity contribution in [3.63, 3.8) is 0 Å². The number of hydrogen-bond acceptors (Lipinski definition) is 3. The van der Waals surface area contributed by atoms with Crippen LogP contribution in [0.3, 0.4) is 0 Å². The molecule has 92 valence electrons. The van der Waals surface area contributed by atoms with E-state index in [-0.39, 0.29) is 5.91 Å². The molecular weight excluding hydrogens is 202 g/mol. The number of rotatable bonds is 5. The second-order valence-corrected chi connectivity index (χ2v) is 5.04. The number of carbonyl (C=O) groups is 1. The van der Waals surface area contributed by atoms with Gasteiger partial charge in [0.15, 0.2) is 0 Å². The second-order valence-electron chi connectivity index (χ2n) is 5.04. The van der Waals surface area contributed by atoms with Gasteiger partial charge in [-0.25, -0.2) is 0 Å². The zero-order chi connectivity index (χ0) is 11.4. The highest BCUT2D eigenvalue weighted by molar-refractivity contribution is 5.78. The number of likely N-dealkylation sites (tertiary alicyclic amines) is 1. The van der Waals surface area contributed by atoms with Gasteiger partial charge in [-0.1, -0.05) is 6.42 Å². The van der Waals surface area contributed by atoms with Crippen molar-refractivity contribution in [1.82, 2.24) is 10.2 Å². The molecule has 3 N–H and O–H groups in total. The summed E-state index contributed by atoms with van der Waals surface area (Å²) in [5, 5.41) is 3.05. The summed E-state index contributed by atoms with van der Waals surface area (Å²) in [7, 11) is 0. The molecule has 0 aromatic carbocycles. The first-order valence-corrected chi connectivity index (χ1v) is 6.53. The van der Waals surface area contributed by atoms with Gasteiger partial charge in [-0.05, 0) is 45.2 Å². The van der Waals surface area contributed by atoms with Gasteiger partial charge in [0.25, 0.3) is 0 Å². The number of amides is 1. The van der Waals surface area contributed by atoms with Gasteiger partial charge in [0.05, 0.1) is 6.54 Å². The minimum absolute atomic E-state index is 0.200. The van der Waals surface area contributed by atoms with Crippen LogP contribution in [0.5, 0.6) is 0 Å². The van der Waals surface area contributed by atoms with E-state index in [1.807, 2.05) is 0 Å². The van der Waals surface area contributed by atoms with E-state index in [1.165, 1.54) is 19.3 Å². The molecule has 0 radical (unpaired) electrons. The van der Waals surface area contributed by atoms with Crippen LogP contribution in [0.15, 0.2) is 0 Å². The number of nitrogens with one attached hydrogen (secondary N) is 1. The van der Waals surface area contributed by atoms with E-state index in [4.69, 9.17) is 5.73 Å². The highest BCUT2D eigenvalue weighted by Crippen LogP contribution is 2.20. The van der Waals surface area contributed by atoms with E-state index in [0.717, 1.165) is 32.4 Å². The standard InChI is InChI=1S/C12H23N3O/c13-7-6-11-3-1-2-8-15(11)9-12(16)14-10-4-5-10/h10-11H,1-9,13H2,(H,14,16). The first kappa shape index (κ1) is 11.9. The maximum absolute atomic E-state index is 11.7. The average Bonchev–Trinajstić information content (AvgIpc) is 3.05. The first-order valence-electron chi connectivity index (χ1n) is 6.53. The van der Waals surface area contributed by atoms with E-state index in [2.05, 4.69) is 10.2 Å². The molecule has 1 heterocycles. The number of piperidine rings is 1. The van der Waals surface area contributed by atoms with Gasteiger partial charge in [-0.15, -0.1) is 0 Å². The largest absolute Gasteiger partial charge is 0.352 e. The van der Waals surface area contributed by atoms with Crippen molar-refractivity contribution in [2.24, 2.45) is 5.73 Å². The Kier molecular flexibility index (Phi) is 4.18. The van der Waals surface area contributed by atoms with Crippen molar-refractivity contribution >= 4 is 5.91 Å². The van der Waals surface area contributed by atoms with Crippen LogP contribution in [0.1, 0.15) is 38.5 Å².